The molecule has 0 unspecified atom stereocenters. The van der Waals surface area contributed by atoms with Crippen molar-refractivity contribution in [2.75, 3.05) is 19.2 Å². The number of methoxy groups -OCH3 is 1. The second-order valence-electron chi connectivity index (χ2n) is 7.26. The van der Waals surface area contributed by atoms with Crippen molar-refractivity contribution in [2.45, 2.75) is 24.7 Å². The van der Waals surface area contributed by atoms with Gasteiger partial charge in [-0.3, -0.25) is 4.79 Å². The molecule has 1 N–H and O–H groups in total. The molecule has 6 nitrogen and oxygen atoms in total. The van der Waals surface area contributed by atoms with E-state index < -0.39 is 5.41 Å². The highest BCUT2D eigenvalue weighted by Gasteiger charge is 2.52. The predicted octanol–water partition coefficient (Wildman–Crippen LogP) is 4.14. The van der Waals surface area contributed by atoms with Gasteiger partial charge in [-0.1, -0.05) is 18.2 Å². The minimum absolute atomic E-state index is 0.0123. The van der Waals surface area contributed by atoms with Crippen molar-refractivity contribution in [3.63, 3.8) is 0 Å². The van der Waals surface area contributed by atoms with E-state index in [-0.39, 0.29) is 12.7 Å². The van der Waals surface area contributed by atoms with Crippen LogP contribution < -0.4 is 19.5 Å². The van der Waals surface area contributed by atoms with E-state index in [2.05, 4.69) is 10.3 Å². The van der Waals surface area contributed by atoms with Crippen LogP contribution in [0.3, 0.4) is 0 Å². The quantitative estimate of drug-likeness (QED) is 0.664. The number of fused-ring (bicyclic) bond motifs is 1. The Bertz CT molecular complexity index is 1060. The van der Waals surface area contributed by atoms with Crippen molar-refractivity contribution in [1.29, 1.82) is 0 Å². The molecule has 0 saturated heterocycles. The summed E-state index contributed by atoms with van der Waals surface area (Å²) < 4.78 is 16.0. The van der Waals surface area contributed by atoms with Crippen LogP contribution in [-0.2, 0) is 16.6 Å². The first kappa shape index (κ1) is 18.0. The number of nitrogens with zero attached hydrogens (tertiary/aromatic N) is 1. The van der Waals surface area contributed by atoms with Crippen LogP contribution in [0.25, 0.3) is 0 Å². The van der Waals surface area contributed by atoms with Gasteiger partial charge in [-0.25, -0.2) is 4.98 Å². The SMILES string of the molecule is COc1ccc(Cc2cnc(NC(=O)C3(c4ccc5c(c4)OCO5)CC3)s2)cc1. The number of rotatable bonds is 6. The lowest BCUT2D eigenvalue weighted by atomic mass is 9.94. The van der Waals surface area contributed by atoms with Gasteiger partial charge < -0.3 is 19.5 Å². The summed E-state index contributed by atoms with van der Waals surface area (Å²) in [5.41, 5.74) is 1.64. The third-order valence-electron chi connectivity index (χ3n) is 5.42. The molecule has 2 heterocycles. The molecule has 29 heavy (non-hydrogen) atoms. The number of ether oxygens (including phenoxy) is 3. The molecule has 0 bridgehead atoms. The second-order valence-corrected chi connectivity index (χ2v) is 8.38. The van der Waals surface area contributed by atoms with Crippen molar-refractivity contribution in [3.05, 3.63) is 64.7 Å². The van der Waals surface area contributed by atoms with Gasteiger partial charge in [-0.15, -0.1) is 11.3 Å². The molecule has 0 atom stereocenters. The Balaban J connectivity index is 1.27. The summed E-state index contributed by atoms with van der Waals surface area (Å²) in [6, 6.07) is 13.7. The van der Waals surface area contributed by atoms with Gasteiger partial charge in [0.25, 0.3) is 0 Å². The summed E-state index contributed by atoms with van der Waals surface area (Å²) in [6.07, 6.45) is 4.24. The lowest BCUT2D eigenvalue weighted by Gasteiger charge is -2.15. The van der Waals surface area contributed by atoms with Crippen molar-refractivity contribution < 1.29 is 19.0 Å². The topological polar surface area (TPSA) is 69.7 Å². The van der Waals surface area contributed by atoms with Gasteiger partial charge in [0.2, 0.25) is 12.7 Å². The third kappa shape index (κ3) is 3.42. The van der Waals surface area contributed by atoms with E-state index >= 15 is 0 Å². The zero-order valence-corrected chi connectivity index (χ0v) is 16.8. The van der Waals surface area contributed by atoms with E-state index in [0.717, 1.165) is 41.2 Å². The van der Waals surface area contributed by atoms with Crippen LogP contribution in [0, 0.1) is 0 Å². The zero-order chi connectivity index (χ0) is 19.8. The molecule has 2 aromatic carbocycles. The first-order chi connectivity index (χ1) is 14.2. The number of anilines is 1. The van der Waals surface area contributed by atoms with Gasteiger partial charge in [0.05, 0.1) is 12.5 Å². The Kier molecular flexibility index (Phi) is 4.39. The second kappa shape index (κ2) is 7.08. The van der Waals surface area contributed by atoms with Crippen molar-refractivity contribution in [1.82, 2.24) is 4.98 Å². The van der Waals surface area contributed by atoms with Gasteiger partial charge >= 0.3 is 0 Å². The van der Waals surface area contributed by atoms with Gasteiger partial charge in [-0.05, 0) is 48.2 Å². The third-order valence-corrected chi connectivity index (χ3v) is 6.33. The molecule has 0 radical (unpaired) electrons. The molecule has 7 heteroatoms. The van der Waals surface area contributed by atoms with Gasteiger partial charge in [0.15, 0.2) is 16.6 Å². The molecule has 1 fully saturated rings. The Morgan fingerprint density at radius 2 is 1.97 bits per heavy atom. The van der Waals surface area contributed by atoms with Crippen LogP contribution >= 0.6 is 11.3 Å². The standard InChI is InChI=1S/C22H20N2O4S/c1-26-16-5-2-14(3-6-16)10-17-12-23-21(29-17)24-20(25)22(8-9-22)15-4-7-18-19(11-15)28-13-27-18/h2-7,11-12H,8-10,13H2,1H3,(H,23,24,25). The summed E-state index contributed by atoms with van der Waals surface area (Å²) in [7, 11) is 1.66. The number of nitrogens with one attached hydrogen (secondary N) is 1. The maximum Gasteiger partial charge on any atom is 0.236 e. The molecule has 0 spiro atoms. The van der Waals surface area contributed by atoms with E-state index in [1.165, 1.54) is 16.9 Å². The summed E-state index contributed by atoms with van der Waals surface area (Å²) in [5.74, 6) is 2.26. The number of amides is 1. The Hall–Kier alpha value is -3.06. The number of hydrogen-bond donors (Lipinski definition) is 1. The normalized spacial score (nSPS) is 15.8. The summed E-state index contributed by atoms with van der Waals surface area (Å²) in [4.78, 5) is 18.5. The lowest BCUT2D eigenvalue weighted by molar-refractivity contribution is -0.118. The summed E-state index contributed by atoms with van der Waals surface area (Å²) in [6.45, 7) is 0.230. The highest BCUT2D eigenvalue weighted by atomic mass is 32.1. The summed E-state index contributed by atoms with van der Waals surface area (Å²) >= 11 is 1.51. The highest BCUT2D eigenvalue weighted by Crippen LogP contribution is 2.51. The molecule has 1 aliphatic heterocycles. The van der Waals surface area contributed by atoms with Crippen LogP contribution in [0.5, 0.6) is 17.2 Å². The van der Waals surface area contributed by atoms with E-state index in [9.17, 15) is 4.79 Å². The maximum absolute atomic E-state index is 13.0. The Morgan fingerprint density at radius 3 is 2.72 bits per heavy atom. The van der Waals surface area contributed by atoms with Gasteiger partial charge in [-0.2, -0.15) is 0 Å². The maximum atomic E-state index is 13.0. The van der Waals surface area contributed by atoms with Crippen LogP contribution in [0.1, 0.15) is 28.8 Å². The van der Waals surface area contributed by atoms with E-state index in [1.54, 1.807) is 7.11 Å². The molecule has 1 saturated carbocycles. The fourth-order valence-corrected chi connectivity index (χ4v) is 4.42. The number of carbonyl (C=O) groups excluding carboxylic acids is 1. The Labute approximate surface area is 172 Å². The molecular weight excluding hydrogens is 388 g/mol. The van der Waals surface area contributed by atoms with Gasteiger partial charge in [0.1, 0.15) is 5.75 Å². The number of hydrogen-bond acceptors (Lipinski definition) is 6. The van der Waals surface area contributed by atoms with Crippen LogP contribution in [0.4, 0.5) is 5.13 Å². The number of aromatic nitrogens is 1. The van der Waals surface area contributed by atoms with Crippen LogP contribution in [0.15, 0.2) is 48.7 Å². The van der Waals surface area contributed by atoms with E-state index in [1.807, 2.05) is 48.7 Å². The molecule has 1 aliphatic carbocycles. The van der Waals surface area contributed by atoms with E-state index in [4.69, 9.17) is 14.2 Å². The zero-order valence-electron chi connectivity index (χ0n) is 15.9. The first-order valence-corrected chi connectivity index (χ1v) is 10.3. The summed E-state index contributed by atoms with van der Waals surface area (Å²) in [5, 5.41) is 3.64. The molecule has 1 amide bonds. The molecule has 148 valence electrons. The fraction of sp³-hybridized carbons (Fsp3) is 0.273. The minimum atomic E-state index is -0.497. The van der Waals surface area contributed by atoms with Crippen LogP contribution in [0.2, 0.25) is 0 Å². The monoisotopic (exact) mass is 408 g/mol. The fourth-order valence-electron chi connectivity index (χ4n) is 3.57. The predicted molar refractivity (Wildman–Crippen MR) is 110 cm³/mol. The number of carbonyl (C=O) groups is 1. The average Bonchev–Trinajstić information content (AvgIpc) is 3.23. The Morgan fingerprint density at radius 1 is 1.17 bits per heavy atom. The lowest BCUT2D eigenvalue weighted by Crippen LogP contribution is -2.27. The van der Waals surface area contributed by atoms with Crippen molar-refractivity contribution in [3.8, 4) is 17.2 Å². The highest BCUT2D eigenvalue weighted by molar-refractivity contribution is 7.15. The van der Waals surface area contributed by atoms with Crippen molar-refractivity contribution in [2.24, 2.45) is 0 Å². The minimum Gasteiger partial charge on any atom is -0.497 e. The van der Waals surface area contributed by atoms with E-state index in [0.29, 0.717) is 10.9 Å². The first-order valence-electron chi connectivity index (χ1n) is 9.45. The largest absolute Gasteiger partial charge is 0.497 e. The smallest absolute Gasteiger partial charge is 0.236 e. The molecule has 5 rings (SSSR count). The number of benzene rings is 2. The van der Waals surface area contributed by atoms with Gasteiger partial charge in [0, 0.05) is 17.5 Å². The molecule has 1 aromatic heterocycles. The average molecular weight is 408 g/mol. The molecule has 2 aliphatic rings. The molecular formula is C22H20N2O4S. The number of thiazole rings is 1. The van der Waals surface area contributed by atoms with Crippen molar-refractivity contribution >= 4 is 22.4 Å². The molecule has 3 aromatic rings. The van der Waals surface area contributed by atoms with Crippen LogP contribution in [-0.4, -0.2) is 24.8 Å².